The number of carbonyl (C=O) groups is 2. The summed E-state index contributed by atoms with van der Waals surface area (Å²) in [6.45, 7) is 1.72. The highest BCUT2D eigenvalue weighted by Gasteiger charge is 2.49. The minimum Gasteiger partial charge on any atom is -0.467 e. The van der Waals surface area contributed by atoms with Gasteiger partial charge in [0.1, 0.15) is 17.9 Å². The number of amides is 3. The van der Waals surface area contributed by atoms with Gasteiger partial charge in [0.05, 0.1) is 25.5 Å². The Morgan fingerprint density at radius 2 is 2.00 bits per heavy atom. The van der Waals surface area contributed by atoms with E-state index in [2.05, 4.69) is 5.32 Å². The van der Waals surface area contributed by atoms with Crippen LogP contribution < -0.4 is 5.32 Å². The van der Waals surface area contributed by atoms with Crippen LogP contribution in [0.1, 0.15) is 18.2 Å². The van der Waals surface area contributed by atoms with Crippen LogP contribution >= 0.6 is 0 Å². The molecule has 2 heterocycles. The number of aliphatic hydroxyl groups is 1. The summed E-state index contributed by atoms with van der Waals surface area (Å²) in [4.78, 5) is 25.9. The predicted octanol–water partition coefficient (Wildman–Crippen LogP) is 1.62. The predicted molar refractivity (Wildman–Crippen MR) is 88.4 cm³/mol. The number of hydrogen-bond donors (Lipinski definition) is 2. The van der Waals surface area contributed by atoms with Gasteiger partial charge >= 0.3 is 6.03 Å². The van der Waals surface area contributed by atoms with Crippen LogP contribution in [0, 0.1) is 0 Å². The highest BCUT2D eigenvalue weighted by atomic mass is 16.5. The molecule has 2 aromatic rings. The van der Waals surface area contributed by atoms with Crippen molar-refractivity contribution in [1.82, 2.24) is 10.2 Å². The minimum absolute atomic E-state index is 0.0141. The smallest absolute Gasteiger partial charge is 0.325 e. The monoisotopic (exact) mass is 344 g/mol. The summed E-state index contributed by atoms with van der Waals surface area (Å²) in [5, 5.41) is 12.8. The average Bonchev–Trinajstić information content (AvgIpc) is 3.19. The van der Waals surface area contributed by atoms with E-state index in [4.69, 9.17) is 9.15 Å². The van der Waals surface area contributed by atoms with E-state index in [9.17, 15) is 14.7 Å². The lowest BCUT2D eigenvalue weighted by Crippen LogP contribution is -2.42. The molecule has 2 N–H and O–H groups in total. The first-order valence-corrected chi connectivity index (χ1v) is 7.98. The van der Waals surface area contributed by atoms with Gasteiger partial charge in [0, 0.05) is 0 Å². The number of hydrogen-bond acceptors (Lipinski definition) is 5. The number of ether oxygens (including phenoxy) is 1. The van der Waals surface area contributed by atoms with Gasteiger partial charge in [-0.2, -0.15) is 0 Å². The third-order valence-electron chi connectivity index (χ3n) is 4.15. The number of rotatable bonds is 7. The number of nitrogens with zero attached hydrogens (tertiary/aromatic N) is 1. The van der Waals surface area contributed by atoms with Crippen LogP contribution in [0.25, 0.3) is 0 Å². The molecule has 1 fully saturated rings. The number of nitrogens with one attached hydrogen (secondary N) is 1. The first-order chi connectivity index (χ1) is 12.0. The molecule has 132 valence electrons. The lowest BCUT2D eigenvalue weighted by atomic mass is 9.92. The summed E-state index contributed by atoms with van der Waals surface area (Å²) < 4.78 is 10.5. The normalized spacial score (nSPS) is 21.4. The first-order valence-electron chi connectivity index (χ1n) is 7.98. The molecule has 7 heteroatoms. The number of furan rings is 1. The first kappa shape index (κ1) is 17.2. The molecule has 7 nitrogen and oxygen atoms in total. The summed E-state index contributed by atoms with van der Waals surface area (Å²) in [5.41, 5.74) is -0.438. The Hall–Kier alpha value is -2.64. The second-order valence-corrected chi connectivity index (χ2v) is 6.09. The zero-order valence-electron chi connectivity index (χ0n) is 13.8. The van der Waals surface area contributed by atoms with E-state index in [1.807, 2.05) is 6.07 Å². The van der Waals surface area contributed by atoms with E-state index in [0.29, 0.717) is 11.3 Å². The van der Waals surface area contributed by atoms with E-state index in [0.717, 1.165) is 4.90 Å². The fourth-order valence-electron chi connectivity index (χ4n) is 2.78. The number of benzene rings is 1. The second-order valence-electron chi connectivity index (χ2n) is 6.09. The van der Waals surface area contributed by atoms with Crippen LogP contribution in [0.2, 0.25) is 0 Å². The molecule has 1 aromatic heterocycles. The zero-order valence-corrected chi connectivity index (χ0v) is 13.8. The quantitative estimate of drug-likeness (QED) is 0.745. The van der Waals surface area contributed by atoms with Crippen molar-refractivity contribution >= 4 is 11.9 Å². The highest BCUT2D eigenvalue weighted by Crippen LogP contribution is 2.28. The molecule has 0 spiro atoms. The van der Waals surface area contributed by atoms with Gasteiger partial charge in [-0.1, -0.05) is 30.3 Å². The molecule has 3 rings (SSSR count). The van der Waals surface area contributed by atoms with Crippen LogP contribution in [0.3, 0.4) is 0 Å². The Morgan fingerprint density at radius 3 is 2.68 bits per heavy atom. The highest BCUT2D eigenvalue weighted by molar-refractivity contribution is 6.07. The van der Waals surface area contributed by atoms with Crippen LogP contribution in [0.15, 0.2) is 53.1 Å². The number of imide groups is 1. The van der Waals surface area contributed by atoms with Crippen molar-refractivity contribution < 1.29 is 23.8 Å². The summed E-state index contributed by atoms with van der Waals surface area (Å²) in [6.07, 6.45) is 0.551. The van der Waals surface area contributed by atoms with Gasteiger partial charge < -0.3 is 19.6 Å². The summed E-state index contributed by atoms with van der Waals surface area (Å²) in [7, 11) is 0. The fraction of sp³-hybridized carbons (Fsp3) is 0.333. The number of β-amino-alcohol motifs (C(OH)–C–C–N with tert-alkyl or cyclic N) is 1. The van der Waals surface area contributed by atoms with Crippen molar-refractivity contribution in [1.29, 1.82) is 0 Å². The van der Waals surface area contributed by atoms with Crippen LogP contribution in [-0.2, 0) is 21.7 Å². The Kier molecular flexibility index (Phi) is 4.87. The maximum absolute atomic E-state index is 12.7. The van der Waals surface area contributed by atoms with Gasteiger partial charge in [0.15, 0.2) is 0 Å². The molecule has 25 heavy (non-hydrogen) atoms. The van der Waals surface area contributed by atoms with Gasteiger partial charge in [-0.05, 0) is 24.6 Å². The largest absolute Gasteiger partial charge is 0.467 e. The van der Waals surface area contributed by atoms with Gasteiger partial charge in [-0.3, -0.25) is 9.69 Å². The molecule has 3 amide bonds. The Bertz CT molecular complexity index is 731. The molecule has 1 aromatic carbocycles. The fourth-order valence-corrected chi connectivity index (χ4v) is 2.78. The maximum Gasteiger partial charge on any atom is 0.325 e. The van der Waals surface area contributed by atoms with Gasteiger partial charge in [-0.15, -0.1) is 0 Å². The second kappa shape index (κ2) is 7.08. The van der Waals surface area contributed by atoms with Crippen LogP contribution in [-0.4, -0.2) is 41.2 Å². The Labute approximate surface area is 145 Å². The lowest BCUT2D eigenvalue weighted by molar-refractivity contribution is -0.132. The summed E-state index contributed by atoms with van der Waals surface area (Å²) in [6, 6.07) is 12.0. The van der Waals surface area contributed by atoms with Crippen molar-refractivity contribution in [3.8, 4) is 0 Å². The van der Waals surface area contributed by atoms with E-state index < -0.39 is 23.6 Å². The van der Waals surface area contributed by atoms with Crippen molar-refractivity contribution in [2.24, 2.45) is 0 Å². The molecule has 0 aliphatic carbocycles. The van der Waals surface area contributed by atoms with Crippen molar-refractivity contribution in [3.63, 3.8) is 0 Å². The standard InChI is InChI=1S/C18H20N2O5/c1-18(13-6-3-2-4-7-13)16(22)20(17(23)19-18)10-14(21)11-24-12-15-8-5-9-25-15/h2-9,14,21H,10-12H2,1H3,(H,19,23)/t14-,18-/m0/s1. The Balaban J connectivity index is 1.59. The zero-order chi connectivity index (χ0) is 17.9. The Morgan fingerprint density at radius 1 is 1.24 bits per heavy atom. The van der Waals surface area contributed by atoms with Crippen LogP contribution in [0.5, 0.6) is 0 Å². The average molecular weight is 344 g/mol. The van der Waals surface area contributed by atoms with Gasteiger partial charge in [-0.25, -0.2) is 4.79 Å². The van der Waals surface area contributed by atoms with E-state index in [1.54, 1.807) is 43.3 Å². The van der Waals surface area contributed by atoms with Gasteiger partial charge in [0.25, 0.3) is 5.91 Å². The molecule has 0 radical (unpaired) electrons. The van der Waals surface area contributed by atoms with Crippen molar-refractivity contribution in [3.05, 3.63) is 60.1 Å². The molecule has 0 saturated carbocycles. The summed E-state index contributed by atoms with van der Waals surface area (Å²) >= 11 is 0. The van der Waals surface area contributed by atoms with Crippen molar-refractivity contribution in [2.75, 3.05) is 13.2 Å². The maximum atomic E-state index is 12.7. The number of urea groups is 1. The third kappa shape index (κ3) is 3.57. The molecule has 2 atom stereocenters. The third-order valence-corrected chi connectivity index (χ3v) is 4.15. The van der Waals surface area contributed by atoms with E-state index in [-0.39, 0.29) is 19.8 Å². The SMILES string of the molecule is C[C@@]1(c2ccccc2)NC(=O)N(C[C@H](O)COCc2ccco2)C1=O. The summed E-state index contributed by atoms with van der Waals surface area (Å²) in [5.74, 6) is 0.243. The molecule has 0 bridgehead atoms. The number of aliphatic hydroxyl groups excluding tert-OH is 1. The minimum atomic E-state index is -1.13. The topological polar surface area (TPSA) is 92.0 Å². The molecule has 1 aliphatic heterocycles. The molecule has 1 aliphatic rings. The number of carbonyl (C=O) groups excluding carboxylic acids is 2. The van der Waals surface area contributed by atoms with E-state index in [1.165, 1.54) is 6.26 Å². The lowest BCUT2D eigenvalue weighted by Gasteiger charge is -2.23. The molecular formula is C18H20N2O5. The van der Waals surface area contributed by atoms with Gasteiger partial charge in [0.2, 0.25) is 0 Å². The molecular weight excluding hydrogens is 324 g/mol. The molecule has 0 unspecified atom stereocenters. The van der Waals surface area contributed by atoms with Crippen LogP contribution in [0.4, 0.5) is 4.79 Å². The molecule has 1 saturated heterocycles. The van der Waals surface area contributed by atoms with Crippen molar-refractivity contribution in [2.45, 2.75) is 25.2 Å². The van der Waals surface area contributed by atoms with E-state index >= 15 is 0 Å².